The van der Waals surface area contributed by atoms with Crippen molar-refractivity contribution in [3.8, 4) is 0 Å². The minimum atomic E-state index is -1.58. The molecule has 0 aromatic carbocycles. The van der Waals surface area contributed by atoms with Gasteiger partial charge in [-0.25, -0.2) is 4.79 Å². The smallest absolute Gasteiger partial charge is 0.331 e. The molecule has 0 spiro atoms. The highest BCUT2D eigenvalue weighted by Crippen LogP contribution is 2.51. The van der Waals surface area contributed by atoms with Gasteiger partial charge in [0, 0.05) is 5.57 Å². The predicted octanol–water partition coefficient (Wildman–Crippen LogP) is -0.444. The number of carboxylic acid groups (broad SMARTS) is 1. The van der Waals surface area contributed by atoms with Gasteiger partial charge in [0.05, 0.1) is 18.3 Å². The number of hydrogen-bond acceptors (Lipinski definition) is 8. The van der Waals surface area contributed by atoms with Crippen LogP contribution in [0.25, 0.3) is 0 Å². The van der Waals surface area contributed by atoms with Crippen LogP contribution in [0.2, 0.25) is 0 Å². The van der Waals surface area contributed by atoms with Crippen LogP contribution in [-0.4, -0.2) is 85.6 Å². The summed E-state index contributed by atoms with van der Waals surface area (Å²) in [6.45, 7) is 9.01. The summed E-state index contributed by atoms with van der Waals surface area (Å²) in [5.41, 5.74) is -0.299. The van der Waals surface area contributed by atoms with Crippen LogP contribution in [-0.2, 0) is 14.3 Å². The number of aliphatic hydroxyl groups is 5. The van der Waals surface area contributed by atoms with Crippen molar-refractivity contribution in [2.24, 2.45) is 17.8 Å². The van der Waals surface area contributed by atoms with E-state index in [1.807, 2.05) is 0 Å². The van der Waals surface area contributed by atoms with Gasteiger partial charge in [0.15, 0.2) is 6.29 Å². The number of fused-ring (bicyclic) bond motifs is 1. The minimum absolute atomic E-state index is 0.00792. The van der Waals surface area contributed by atoms with Gasteiger partial charge in [0.25, 0.3) is 0 Å². The molecule has 3 aliphatic rings. The average molecular weight is 428 g/mol. The Balaban J connectivity index is 1.86. The van der Waals surface area contributed by atoms with Crippen LogP contribution < -0.4 is 0 Å². The Hall–Kier alpha value is -1.33. The quantitative estimate of drug-likeness (QED) is 0.252. The molecule has 1 aliphatic heterocycles. The van der Waals surface area contributed by atoms with Crippen molar-refractivity contribution in [3.05, 3.63) is 24.3 Å². The largest absolute Gasteiger partial charge is 0.478 e. The van der Waals surface area contributed by atoms with Gasteiger partial charge in [-0.05, 0) is 55.9 Å². The summed E-state index contributed by atoms with van der Waals surface area (Å²) in [4.78, 5) is 11.6. The number of hydrogen-bond donors (Lipinski definition) is 6. The molecule has 0 bridgehead atoms. The van der Waals surface area contributed by atoms with Crippen molar-refractivity contribution in [1.29, 1.82) is 0 Å². The fourth-order valence-corrected chi connectivity index (χ4v) is 5.12. The molecule has 1 heterocycles. The minimum Gasteiger partial charge on any atom is -0.478 e. The van der Waals surface area contributed by atoms with Crippen molar-refractivity contribution >= 4 is 5.97 Å². The van der Waals surface area contributed by atoms with E-state index in [0.717, 1.165) is 0 Å². The Morgan fingerprint density at radius 3 is 2.50 bits per heavy atom. The number of aliphatic hydroxyl groups excluding tert-OH is 4. The Labute approximate surface area is 175 Å². The summed E-state index contributed by atoms with van der Waals surface area (Å²) in [6.07, 6.45) is -6.01. The molecule has 170 valence electrons. The summed E-state index contributed by atoms with van der Waals surface area (Å²) in [6, 6.07) is 0. The van der Waals surface area contributed by atoms with Crippen LogP contribution in [0.4, 0.5) is 0 Å². The molecule has 3 rings (SSSR count). The zero-order valence-corrected chi connectivity index (χ0v) is 17.1. The van der Waals surface area contributed by atoms with Gasteiger partial charge in [0.2, 0.25) is 0 Å². The highest BCUT2D eigenvalue weighted by atomic mass is 16.7. The molecule has 1 saturated heterocycles. The lowest BCUT2D eigenvalue weighted by Gasteiger charge is -2.41. The SMILES string of the molecule is C=C(C(=O)O)[C@@H]1C[C@H](O[C@H]2O[C@@H](CO)[C@H](O)[C@@H](O)[C@@H]2O)C(=C)[C@@H]2CC[C@](C)(O)[C@@H]2C1. The third kappa shape index (κ3) is 4.20. The van der Waals surface area contributed by atoms with Crippen LogP contribution >= 0.6 is 0 Å². The molecule has 30 heavy (non-hydrogen) atoms. The normalized spacial score (nSPS) is 46.9. The highest BCUT2D eigenvalue weighted by molar-refractivity contribution is 5.86. The Morgan fingerprint density at radius 1 is 1.23 bits per heavy atom. The molecule has 2 aliphatic carbocycles. The van der Waals surface area contributed by atoms with E-state index in [9.17, 15) is 35.4 Å². The zero-order valence-electron chi connectivity index (χ0n) is 17.1. The lowest BCUT2D eigenvalue weighted by molar-refractivity contribution is -0.309. The van der Waals surface area contributed by atoms with Crippen molar-refractivity contribution in [2.45, 2.75) is 75.0 Å². The van der Waals surface area contributed by atoms with E-state index in [0.29, 0.717) is 24.8 Å². The highest BCUT2D eigenvalue weighted by Gasteiger charge is 2.51. The lowest BCUT2D eigenvalue weighted by atomic mass is 9.78. The molecular formula is C21H32O9. The first-order valence-electron chi connectivity index (χ1n) is 10.3. The van der Waals surface area contributed by atoms with Crippen molar-refractivity contribution in [1.82, 2.24) is 0 Å². The summed E-state index contributed by atoms with van der Waals surface area (Å²) >= 11 is 0. The molecule has 3 fully saturated rings. The standard InChI is InChI=1S/C21H32O9/c1-9(19(26)27)11-6-13-12(4-5-21(13,3)28)10(2)14(7-11)29-20-18(25)17(24)16(23)15(8-22)30-20/h11-18,20,22-25,28H,1-2,4-8H2,3H3,(H,26,27)/t11-,12-,13+,14-,15-,16-,17+,18-,20-,21-/m0/s1. The molecule has 0 unspecified atom stereocenters. The Kier molecular flexibility index (Phi) is 6.74. The van der Waals surface area contributed by atoms with E-state index >= 15 is 0 Å². The second-order valence-electron chi connectivity index (χ2n) is 9.00. The first-order chi connectivity index (χ1) is 14.0. The predicted molar refractivity (Wildman–Crippen MR) is 104 cm³/mol. The van der Waals surface area contributed by atoms with E-state index < -0.39 is 60.9 Å². The summed E-state index contributed by atoms with van der Waals surface area (Å²) in [5, 5.41) is 60.0. The van der Waals surface area contributed by atoms with Crippen LogP contribution in [0.15, 0.2) is 24.3 Å². The van der Waals surface area contributed by atoms with Gasteiger partial charge < -0.3 is 40.1 Å². The van der Waals surface area contributed by atoms with Crippen molar-refractivity contribution < 1.29 is 44.9 Å². The summed E-state index contributed by atoms with van der Waals surface area (Å²) in [5.74, 6) is -1.95. The van der Waals surface area contributed by atoms with E-state index in [2.05, 4.69) is 13.2 Å². The second kappa shape index (κ2) is 8.66. The van der Waals surface area contributed by atoms with E-state index in [4.69, 9.17) is 9.47 Å². The zero-order chi connectivity index (χ0) is 22.4. The molecule has 0 aromatic heterocycles. The molecule has 0 radical (unpaired) electrons. The average Bonchev–Trinajstić information content (AvgIpc) is 2.91. The molecule has 6 N–H and O–H groups in total. The third-order valence-corrected chi connectivity index (χ3v) is 7.09. The van der Waals surface area contributed by atoms with E-state index in [1.54, 1.807) is 6.92 Å². The molecule has 0 amide bonds. The van der Waals surface area contributed by atoms with Crippen LogP contribution in [0, 0.1) is 17.8 Å². The van der Waals surface area contributed by atoms with Crippen molar-refractivity contribution in [3.63, 3.8) is 0 Å². The third-order valence-electron chi connectivity index (χ3n) is 7.09. The van der Waals surface area contributed by atoms with Crippen LogP contribution in [0.5, 0.6) is 0 Å². The lowest BCUT2D eigenvalue weighted by Crippen LogP contribution is -2.59. The molecule has 0 aromatic rings. The molecule has 9 nitrogen and oxygen atoms in total. The van der Waals surface area contributed by atoms with Gasteiger partial charge >= 0.3 is 5.97 Å². The molecule has 9 heteroatoms. The maximum atomic E-state index is 11.6. The number of rotatable bonds is 5. The van der Waals surface area contributed by atoms with Gasteiger partial charge in [-0.2, -0.15) is 0 Å². The molecular weight excluding hydrogens is 396 g/mol. The fourth-order valence-electron chi connectivity index (χ4n) is 5.12. The summed E-state index contributed by atoms with van der Waals surface area (Å²) in [7, 11) is 0. The van der Waals surface area contributed by atoms with E-state index in [-0.39, 0.29) is 23.8 Å². The van der Waals surface area contributed by atoms with Gasteiger partial charge in [0.1, 0.15) is 24.4 Å². The molecule has 10 atom stereocenters. The Morgan fingerprint density at radius 2 is 1.90 bits per heavy atom. The van der Waals surface area contributed by atoms with Gasteiger partial charge in [-0.1, -0.05) is 13.2 Å². The maximum Gasteiger partial charge on any atom is 0.331 e. The monoisotopic (exact) mass is 428 g/mol. The maximum absolute atomic E-state index is 11.6. The van der Waals surface area contributed by atoms with Crippen molar-refractivity contribution in [2.75, 3.05) is 6.61 Å². The second-order valence-corrected chi connectivity index (χ2v) is 9.00. The number of carboxylic acids is 1. The number of aliphatic carboxylic acids is 1. The van der Waals surface area contributed by atoms with Gasteiger partial charge in [-0.3, -0.25) is 0 Å². The number of carbonyl (C=O) groups is 1. The van der Waals surface area contributed by atoms with Gasteiger partial charge in [-0.15, -0.1) is 0 Å². The topological polar surface area (TPSA) is 157 Å². The molecule has 2 saturated carbocycles. The Bertz CT molecular complexity index is 688. The fraction of sp³-hybridized carbons (Fsp3) is 0.762. The van der Waals surface area contributed by atoms with Crippen LogP contribution in [0.1, 0.15) is 32.6 Å². The number of ether oxygens (including phenoxy) is 2. The summed E-state index contributed by atoms with van der Waals surface area (Å²) < 4.78 is 11.4. The van der Waals surface area contributed by atoms with E-state index in [1.165, 1.54) is 0 Å². The first-order valence-corrected chi connectivity index (χ1v) is 10.3. The van der Waals surface area contributed by atoms with Crippen LogP contribution in [0.3, 0.4) is 0 Å². The first kappa shape index (κ1) is 23.3.